The third-order valence-corrected chi connectivity index (χ3v) is 5.14. The predicted molar refractivity (Wildman–Crippen MR) is 84.5 cm³/mol. The van der Waals surface area contributed by atoms with Gasteiger partial charge < -0.3 is 0 Å². The lowest BCUT2D eigenvalue weighted by Gasteiger charge is -2.28. The van der Waals surface area contributed by atoms with Crippen LogP contribution in [0.25, 0.3) is 0 Å². The minimum atomic E-state index is -4.29. The SMILES string of the molecule is Cn1cc2c(n1)CCN(Cc1c(C(F)(F)F)ccc3c1CCC3)C2. The van der Waals surface area contributed by atoms with E-state index in [1.807, 2.05) is 13.2 Å². The third kappa shape index (κ3) is 2.73. The largest absolute Gasteiger partial charge is 0.416 e. The molecule has 1 aliphatic heterocycles. The zero-order chi connectivity index (χ0) is 16.9. The summed E-state index contributed by atoms with van der Waals surface area (Å²) in [5.74, 6) is 0. The maximum absolute atomic E-state index is 13.5. The maximum Gasteiger partial charge on any atom is 0.416 e. The van der Waals surface area contributed by atoms with Gasteiger partial charge in [0.05, 0.1) is 11.3 Å². The molecule has 6 heteroatoms. The number of hydrogen-bond donors (Lipinski definition) is 0. The Kier molecular flexibility index (Phi) is 3.67. The normalized spacial score (nSPS) is 17.8. The van der Waals surface area contributed by atoms with E-state index in [2.05, 4.69) is 10.00 Å². The van der Waals surface area contributed by atoms with E-state index in [0.29, 0.717) is 18.7 Å². The number of nitrogens with zero attached hydrogens (tertiary/aromatic N) is 3. The van der Waals surface area contributed by atoms with Gasteiger partial charge in [-0.3, -0.25) is 9.58 Å². The van der Waals surface area contributed by atoms with Crippen molar-refractivity contribution in [1.82, 2.24) is 14.7 Å². The number of fused-ring (bicyclic) bond motifs is 2. The number of benzene rings is 1. The van der Waals surface area contributed by atoms with Crippen molar-refractivity contribution in [2.45, 2.75) is 44.9 Å². The fraction of sp³-hybridized carbons (Fsp3) is 0.500. The van der Waals surface area contributed by atoms with Crippen molar-refractivity contribution in [3.05, 3.63) is 51.8 Å². The summed E-state index contributed by atoms with van der Waals surface area (Å²) in [6.45, 7) is 1.79. The molecule has 0 N–H and O–H groups in total. The Morgan fingerprint density at radius 2 is 1.96 bits per heavy atom. The molecule has 4 rings (SSSR count). The van der Waals surface area contributed by atoms with Crippen molar-refractivity contribution >= 4 is 0 Å². The highest BCUT2D eigenvalue weighted by Crippen LogP contribution is 2.38. The lowest BCUT2D eigenvalue weighted by atomic mass is 9.95. The van der Waals surface area contributed by atoms with Gasteiger partial charge in [-0.25, -0.2) is 0 Å². The molecule has 0 unspecified atom stereocenters. The molecule has 0 saturated carbocycles. The number of rotatable bonds is 2. The number of hydrogen-bond acceptors (Lipinski definition) is 2. The highest BCUT2D eigenvalue weighted by atomic mass is 19.4. The molecule has 1 aromatic heterocycles. The molecule has 0 fully saturated rings. The number of aromatic nitrogens is 2. The molecular formula is C18H20F3N3. The zero-order valence-electron chi connectivity index (χ0n) is 13.7. The van der Waals surface area contributed by atoms with Gasteiger partial charge in [-0.2, -0.15) is 18.3 Å². The highest BCUT2D eigenvalue weighted by Gasteiger charge is 2.36. The van der Waals surface area contributed by atoms with E-state index in [4.69, 9.17) is 0 Å². The predicted octanol–water partition coefficient (Wildman–Crippen LogP) is 3.49. The Hall–Kier alpha value is -1.82. The molecular weight excluding hydrogens is 315 g/mol. The number of halogens is 3. The topological polar surface area (TPSA) is 21.1 Å². The van der Waals surface area contributed by atoms with Gasteiger partial charge in [0.2, 0.25) is 0 Å². The molecule has 2 aromatic rings. The highest BCUT2D eigenvalue weighted by molar-refractivity contribution is 5.45. The summed E-state index contributed by atoms with van der Waals surface area (Å²) in [6, 6.07) is 2.95. The molecule has 2 heterocycles. The molecule has 0 amide bonds. The van der Waals surface area contributed by atoms with Crippen molar-refractivity contribution in [1.29, 1.82) is 0 Å². The molecule has 0 bridgehead atoms. The molecule has 1 aromatic carbocycles. The van der Waals surface area contributed by atoms with Crippen LogP contribution in [-0.4, -0.2) is 21.2 Å². The quantitative estimate of drug-likeness (QED) is 0.838. The van der Waals surface area contributed by atoms with Crippen LogP contribution in [0.15, 0.2) is 18.3 Å². The molecule has 0 saturated heterocycles. The second-order valence-electron chi connectivity index (χ2n) is 6.82. The van der Waals surface area contributed by atoms with Gasteiger partial charge >= 0.3 is 6.18 Å². The fourth-order valence-corrected chi connectivity index (χ4v) is 4.06. The first-order valence-electron chi connectivity index (χ1n) is 8.36. The first-order chi connectivity index (χ1) is 11.4. The molecule has 24 heavy (non-hydrogen) atoms. The summed E-state index contributed by atoms with van der Waals surface area (Å²) in [4.78, 5) is 2.12. The van der Waals surface area contributed by atoms with Crippen molar-refractivity contribution < 1.29 is 13.2 Å². The summed E-state index contributed by atoms with van der Waals surface area (Å²) < 4.78 is 42.2. The van der Waals surface area contributed by atoms with E-state index in [1.165, 1.54) is 6.07 Å². The Morgan fingerprint density at radius 3 is 2.75 bits per heavy atom. The van der Waals surface area contributed by atoms with Crippen LogP contribution in [0.1, 0.15) is 39.9 Å². The molecule has 3 nitrogen and oxygen atoms in total. The van der Waals surface area contributed by atoms with E-state index in [1.54, 1.807) is 10.7 Å². The van der Waals surface area contributed by atoms with Gasteiger partial charge in [-0.05, 0) is 42.0 Å². The van der Waals surface area contributed by atoms with E-state index >= 15 is 0 Å². The zero-order valence-corrected chi connectivity index (χ0v) is 13.7. The second-order valence-corrected chi connectivity index (χ2v) is 6.82. The van der Waals surface area contributed by atoms with Gasteiger partial charge in [-0.1, -0.05) is 6.07 Å². The molecule has 1 aliphatic carbocycles. The van der Waals surface area contributed by atoms with Gasteiger partial charge in [-0.15, -0.1) is 0 Å². The average Bonchev–Trinajstić information content (AvgIpc) is 3.11. The van der Waals surface area contributed by atoms with E-state index in [-0.39, 0.29) is 0 Å². The van der Waals surface area contributed by atoms with Crippen LogP contribution in [0.2, 0.25) is 0 Å². The minimum Gasteiger partial charge on any atom is -0.294 e. The summed E-state index contributed by atoms with van der Waals surface area (Å²) in [5.41, 5.74) is 4.26. The van der Waals surface area contributed by atoms with E-state index in [9.17, 15) is 13.2 Å². The monoisotopic (exact) mass is 335 g/mol. The lowest BCUT2D eigenvalue weighted by molar-refractivity contribution is -0.138. The summed E-state index contributed by atoms with van der Waals surface area (Å²) >= 11 is 0. The van der Waals surface area contributed by atoms with Crippen molar-refractivity contribution in [3.8, 4) is 0 Å². The molecule has 0 atom stereocenters. The van der Waals surface area contributed by atoms with Crippen molar-refractivity contribution in [3.63, 3.8) is 0 Å². The number of aryl methyl sites for hydroxylation is 2. The van der Waals surface area contributed by atoms with Crippen LogP contribution in [0.4, 0.5) is 13.2 Å². The Balaban J connectivity index is 1.66. The minimum absolute atomic E-state index is 0.367. The summed E-state index contributed by atoms with van der Waals surface area (Å²) in [6.07, 6.45) is 1.10. The Bertz CT molecular complexity index is 777. The summed E-state index contributed by atoms with van der Waals surface area (Å²) in [5, 5.41) is 4.42. The van der Waals surface area contributed by atoms with E-state index < -0.39 is 11.7 Å². The number of alkyl halides is 3. The average molecular weight is 335 g/mol. The van der Waals surface area contributed by atoms with Crippen LogP contribution in [0.5, 0.6) is 0 Å². The first kappa shape index (κ1) is 15.7. The Morgan fingerprint density at radius 1 is 1.12 bits per heavy atom. The van der Waals surface area contributed by atoms with Gasteiger partial charge in [0.1, 0.15) is 0 Å². The van der Waals surface area contributed by atoms with E-state index in [0.717, 1.165) is 54.6 Å². The molecule has 0 radical (unpaired) electrons. The third-order valence-electron chi connectivity index (χ3n) is 5.14. The van der Waals surface area contributed by atoms with Gasteiger partial charge in [0.15, 0.2) is 0 Å². The van der Waals surface area contributed by atoms with Crippen LogP contribution in [0.3, 0.4) is 0 Å². The standard InChI is InChI=1S/C18H20F3N3/c1-23-9-13-10-24(8-7-17(13)22-23)11-15-14-4-2-3-12(14)5-6-16(15)18(19,20)21/h5-6,9H,2-4,7-8,10-11H2,1H3. The van der Waals surface area contributed by atoms with Crippen LogP contribution < -0.4 is 0 Å². The van der Waals surface area contributed by atoms with Crippen molar-refractivity contribution in [2.24, 2.45) is 7.05 Å². The van der Waals surface area contributed by atoms with Crippen LogP contribution in [0, 0.1) is 0 Å². The Labute approximate surface area is 139 Å². The lowest BCUT2D eigenvalue weighted by Crippen LogP contribution is -2.31. The fourth-order valence-electron chi connectivity index (χ4n) is 4.06. The van der Waals surface area contributed by atoms with Gasteiger partial charge in [0, 0.05) is 44.9 Å². The molecule has 128 valence electrons. The van der Waals surface area contributed by atoms with Crippen molar-refractivity contribution in [2.75, 3.05) is 6.54 Å². The second kappa shape index (κ2) is 5.62. The van der Waals surface area contributed by atoms with Crippen LogP contribution >= 0.6 is 0 Å². The summed E-state index contributed by atoms with van der Waals surface area (Å²) in [7, 11) is 1.88. The molecule has 2 aliphatic rings. The first-order valence-corrected chi connectivity index (χ1v) is 8.36. The smallest absolute Gasteiger partial charge is 0.294 e. The van der Waals surface area contributed by atoms with Gasteiger partial charge in [0.25, 0.3) is 0 Å². The molecule has 0 spiro atoms. The maximum atomic E-state index is 13.5. The van der Waals surface area contributed by atoms with Crippen LogP contribution in [-0.2, 0) is 45.6 Å².